The van der Waals surface area contributed by atoms with Crippen molar-refractivity contribution in [1.29, 1.82) is 0 Å². The zero-order chi connectivity index (χ0) is 20.3. The third kappa shape index (κ3) is 6.66. The molecular formula is C24H25NO4. The topological polar surface area (TPSA) is 56.8 Å². The summed E-state index contributed by atoms with van der Waals surface area (Å²) in [5.41, 5.74) is 2.32. The van der Waals surface area contributed by atoms with E-state index < -0.39 is 0 Å². The molecule has 3 aromatic carbocycles. The molecule has 0 saturated heterocycles. The van der Waals surface area contributed by atoms with Crippen molar-refractivity contribution in [2.75, 3.05) is 25.1 Å². The lowest BCUT2D eigenvalue weighted by atomic mass is 10.2. The molecule has 0 aliphatic heterocycles. The first-order valence-corrected chi connectivity index (χ1v) is 9.63. The molecule has 1 amide bonds. The summed E-state index contributed by atoms with van der Waals surface area (Å²) in [5.74, 6) is 1.22. The van der Waals surface area contributed by atoms with E-state index in [1.54, 1.807) is 30.3 Å². The SMILES string of the molecule is CCOCCOc1cccc(NC(=O)c2ccc(OCc3ccccc3)cc2)c1. The lowest BCUT2D eigenvalue weighted by Gasteiger charge is -2.10. The van der Waals surface area contributed by atoms with E-state index in [2.05, 4.69) is 5.32 Å². The number of ether oxygens (including phenoxy) is 3. The van der Waals surface area contributed by atoms with Gasteiger partial charge in [-0.3, -0.25) is 4.79 Å². The van der Waals surface area contributed by atoms with Gasteiger partial charge in [0, 0.05) is 23.9 Å². The predicted octanol–water partition coefficient (Wildman–Crippen LogP) is 4.93. The standard InChI is InChI=1S/C24H25NO4/c1-2-27-15-16-28-23-10-6-9-21(17-23)25-24(26)20-11-13-22(14-12-20)29-18-19-7-4-3-5-8-19/h3-14,17H,2,15-16,18H2,1H3,(H,25,26). The summed E-state index contributed by atoms with van der Waals surface area (Å²) in [4.78, 5) is 12.5. The minimum absolute atomic E-state index is 0.189. The second kappa shape index (κ2) is 10.9. The lowest BCUT2D eigenvalue weighted by molar-refractivity contribution is 0.102. The highest BCUT2D eigenvalue weighted by molar-refractivity contribution is 6.04. The number of nitrogens with one attached hydrogen (secondary N) is 1. The summed E-state index contributed by atoms with van der Waals surface area (Å²) < 4.78 is 16.6. The fourth-order valence-corrected chi connectivity index (χ4v) is 2.67. The Morgan fingerprint density at radius 2 is 1.62 bits per heavy atom. The third-order valence-electron chi connectivity index (χ3n) is 4.16. The van der Waals surface area contributed by atoms with Crippen LogP contribution in [0.25, 0.3) is 0 Å². The van der Waals surface area contributed by atoms with E-state index in [0.717, 1.165) is 11.3 Å². The van der Waals surface area contributed by atoms with Gasteiger partial charge in [-0.15, -0.1) is 0 Å². The maximum atomic E-state index is 12.5. The number of rotatable bonds is 10. The van der Waals surface area contributed by atoms with Gasteiger partial charge in [0.25, 0.3) is 5.91 Å². The molecule has 1 N–H and O–H groups in total. The molecule has 5 heteroatoms. The van der Waals surface area contributed by atoms with Crippen LogP contribution in [0.5, 0.6) is 11.5 Å². The van der Waals surface area contributed by atoms with Crippen molar-refractivity contribution in [1.82, 2.24) is 0 Å². The lowest BCUT2D eigenvalue weighted by Crippen LogP contribution is -2.12. The van der Waals surface area contributed by atoms with Crippen molar-refractivity contribution in [3.8, 4) is 11.5 Å². The fraction of sp³-hybridized carbons (Fsp3) is 0.208. The number of carbonyl (C=O) groups excluding carboxylic acids is 1. The van der Waals surface area contributed by atoms with Crippen LogP contribution in [0.4, 0.5) is 5.69 Å². The molecule has 5 nitrogen and oxygen atoms in total. The van der Waals surface area contributed by atoms with Crippen molar-refractivity contribution >= 4 is 11.6 Å². The van der Waals surface area contributed by atoms with E-state index in [9.17, 15) is 4.79 Å². The molecule has 0 aromatic heterocycles. The van der Waals surface area contributed by atoms with Gasteiger partial charge >= 0.3 is 0 Å². The minimum Gasteiger partial charge on any atom is -0.491 e. The van der Waals surface area contributed by atoms with Crippen LogP contribution in [-0.4, -0.2) is 25.7 Å². The Hall–Kier alpha value is -3.31. The first-order chi connectivity index (χ1) is 14.2. The van der Waals surface area contributed by atoms with Crippen molar-refractivity contribution in [2.24, 2.45) is 0 Å². The van der Waals surface area contributed by atoms with Crippen molar-refractivity contribution in [2.45, 2.75) is 13.5 Å². The van der Waals surface area contributed by atoms with Gasteiger partial charge in [-0.25, -0.2) is 0 Å². The van der Waals surface area contributed by atoms with Gasteiger partial charge in [0.1, 0.15) is 24.7 Å². The van der Waals surface area contributed by atoms with E-state index in [1.807, 2.05) is 55.5 Å². The molecule has 0 aliphatic carbocycles. The van der Waals surface area contributed by atoms with Gasteiger partial charge in [0.2, 0.25) is 0 Å². The minimum atomic E-state index is -0.189. The number of anilines is 1. The first kappa shape index (κ1) is 20.4. The summed E-state index contributed by atoms with van der Waals surface area (Å²) in [6, 6.07) is 24.3. The zero-order valence-corrected chi connectivity index (χ0v) is 16.5. The average Bonchev–Trinajstić information content (AvgIpc) is 2.77. The molecule has 0 spiro atoms. The summed E-state index contributed by atoms with van der Waals surface area (Å²) in [6.07, 6.45) is 0. The summed E-state index contributed by atoms with van der Waals surface area (Å²) >= 11 is 0. The summed E-state index contributed by atoms with van der Waals surface area (Å²) in [7, 11) is 0. The van der Waals surface area contributed by atoms with Gasteiger partial charge in [0.15, 0.2) is 0 Å². The van der Waals surface area contributed by atoms with Crippen molar-refractivity contribution < 1.29 is 19.0 Å². The van der Waals surface area contributed by atoms with Crippen LogP contribution < -0.4 is 14.8 Å². The summed E-state index contributed by atoms with van der Waals surface area (Å²) in [5, 5.41) is 2.89. The number of carbonyl (C=O) groups is 1. The Bertz CT molecular complexity index is 894. The Labute approximate surface area is 171 Å². The van der Waals surface area contributed by atoms with Crippen molar-refractivity contribution in [3.05, 3.63) is 90.0 Å². The van der Waals surface area contributed by atoms with E-state index in [1.165, 1.54) is 0 Å². The van der Waals surface area contributed by atoms with E-state index in [-0.39, 0.29) is 5.91 Å². The van der Waals surface area contributed by atoms with E-state index in [4.69, 9.17) is 14.2 Å². The van der Waals surface area contributed by atoms with Crippen LogP contribution in [0.1, 0.15) is 22.8 Å². The van der Waals surface area contributed by atoms with Crippen LogP contribution in [0.3, 0.4) is 0 Å². The van der Waals surface area contributed by atoms with Crippen LogP contribution >= 0.6 is 0 Å². The molecular weight excluding hydrogens is 366 g/mol. The third-order valence-corrected chi connectivity index (χ3v) is 4.16. The van der Waals surface area contributed by atoms with Gasteiger partial charge in [-0.05, 0) is 48.9 Å². The number of hydrogen-bond acceptors (Lipinski definition) is 4. The Kier molecular flexibility index (Phi) is 7.66. The molecule has 150 valence electrons. The molecule has 0 aliphatic rings. The zero-order valence-electron chi connectivity index (χ0n) is 16.5. The second-order valence-electron chi connectivity index (χ2n) is 6.33. The smallest absolute Gasteiger partial charge is 0.255 e. The molecule has 0 atom stereocenters. The molecule has 0 heterocycles. The predicted molar refractivity (Wildman–Crippen MR) is 114 cm³/mol. The highest BCUT2D eigenvalue weighted by Gasteiger charge is 2.07. The molecule has 0 saturated carbocycles. The van der Waals surface area contributed by atoms with Gasteiger partial charge < -0.3 is 19.5 Å². The molecule has 0 unspecified atom stereocenters. The van der Waals surface area contributed by atoms with Crippen molar-refractivity contribution in [3.63, 3.8) is 0 Å². The Balaban J connectivity index is 1.52. The maximum absolute atomic E-state index is 12.5. The monoisotopic (exact) mass is 391 g/mol. The van der Waals surface area contributed by atoms with Gasteiger partial charge in [-0.1, -0.05) is 36.4 Å². The highest BCUT2D eigenvalue weighted by atomic mass is 16.5. The molecule has 0 radical (unpaired) electrons. The number of benzene rings is 3. The van der Waals surface area contributed by atoms with Crippen LogP contribution in [0.2, 0.25) is 0 Å². The highest BCUT2D eigenvalue weighted by Crippen LogP contribution is 2.19. The normalized spacial score (nSPS) is 10.4. The molecule has 3 rings (SSSR count). The molecule has 0 bridgehead atoms. The number of hydrogen-bond donors (Lipinski definition) is 1. The first-order valence-electron chi connectivity index (χ1n) is 9.63. The quantitative estimate of drug-likeness (QED) is 0.498. The Morgan fingerprint density at radius 1 is 0.828 bits per heavy atom. The van der Waals surface area contributed by atoms with Crippen LogP contribution in [0.15, 0.2) is 78.9 Å². The molecule has 29 heavy (non-hydrogen) atoms. The fourth-order valence-electron chi connectivity index (χ4n) is 2.67. The van der Waals surface area contributed by atoms with Crippen LogP contribution in [0, 0.1) is 0 Å². The molecule has 3 aromatic rings. The second-order valence-corrected chi connectivity index (χ2v) is 6.33. The maximum Gasteiger partial charge on any atom is 0.255 e. The Morgan fingerprint density at radius 3 is 2.38 bits per heavy atom. The van der Waals surface area contributed by atoms with E-state index in [0.29, 0.717) is 43.4 Å². The van der Waals surface area contributed by atoms with Gasteiger partial charge in [0.05, 0.1) is 6.61 Å². The average molecular weight is 391 g/mol. The largest absolute Gasteiger partial charge is 0.491 e. The summed E-state index contributed by atoms with van der Waals surface area (Å²) in [6.45, 7) is 4.09. The van der Waals surface area contributed by atoms with Gasteiger partial charge in [-0.2, -0.15) is 0 Å². The van der Waals surface area contributed by atoms with E-state index >= 15 is 0 Å². The number of amides is 1. The van der Waals surface area contributed by atoms with Crippen LogP contribution in [-0.2, 0) is 11.3 Å². The molecule has 0 fully saturated rings.